The van der Waals surface area contributed by atoms with Crippen LogP contribution in [-0.4, -0.2) is 31.5 Å². The first-order valence-electron chi connectivity index (χ1n) is 5.93. The van der Waals surface area contributed by atoms with Gasteiger partial charge in [-0.2, -0.15) is 0 Å². The largest absolute Gasteiger partial charge is 0.399 e. The highest BCUT2D eigenvalue weighted by molar-refractivity contribution is 5.39. The molecule has 1 unspecified atom stereocenters. The van der Waals surface area contributed by atoms with Gasteiger partial charge in [0.2, 0.25) is 0 Å². The quantitative estimate of drug-likeness (QED) is 0.536. The van der Waals surface area contributed by atoms with E-state index in [-0.39, 0.29) is 6.61 Å². The number of nitrogens with two attached hydrogens (primary N) is 1. The fourth-order valence-corrected chi connectivity index (χ4v) is 1.37. The Morgan fingerprint density at radius 3 is 2.41 bits per heavy atom. The van der Waals surface area contributed by atoms with Gasteiger partial charge in [-0.1, -0.05) is 19.1 Å². The summed E-state index contributed by atoms with van der Waals surface area (Å²) in [6.07, 6.45) is 0.399. The maximum atomic E-state index is 9.81. The molecule has 1 aromatic carbocycles. The van der Waals surface area contributed by atoms with E-state index >= 15 is 0 Å². The first-order valence-corrected chi connectivity index (χ1v) is 5.93. The molecule has 4 heteroatoms. The Morgan fingerprint density at radius 2 is 1.76 bits per heavy atom. The van der Waals surface area contributed by atoms with Crippen LogP contribution in [0.2, 0.25) is 0 Å². The van der Waals surface area contributed by atoms with Crippen LogP contribution in [0, 0.1) is 0 Å². The van der Waals surface area contributed by atoms with Crippen molar-refractivity contribution in [1.82, 2.24) is 0 Å². The van der Waals surface area contributed by atoms with Crippen LogP contribution in [0.3, 0.4) is 0 Å². The molecule has 0 bridgehead atoms. The molecule has 0 aliphatic rings. The molecule has 1 aromatic rings. The summed E-state index contributed by atoms with van der Waals surface area (Å²) in [7, 11) is 0. The number of rotatable bonds is 8. The van der Waals surface area contributed by atoms with E-state index in [0.717, 1.165) is 18.6 Å². The normalized spacial score (nSPS) is 12.6. The zero-order valence-corrected chi connectivity index (χ0v) is 10.3. The van der Waals surface area contributed by atoms with Crippen molar-refractivity contribution in [2.24, 2.45) is 0 Å². The summed E-state index contributed by atoms with van der Waals surface area (Å²) in [6.45, 7) is 4.17. The van der Waals surface area contributed by atoms with Gasteiger partial charge < -0.3 is 20.3 Å². The lowest BCUT2D eigenvalue weighted by Gasteiger charge is -2.12. The average Bonchev–Trinajstić information content (AvgIpc) is 2.34. The van der Waals surface area contributed by atoms with Crippen LogP contribution in [0.5, 0.6) is 0 Å². The monoisotopic (exact) mass is 239 g/mol. The van der Waals surface area contributed by atoms with Gasteiger partial charge in [-0.05, 0) is 24.1 Å². The van der Waals surface area contributed by atoms with Crippen LogP contribution >= 0.6 is 0 Å². The van der Waals surface area contributed by atoms with Crippen LogP contribution in [0.15, 0.2) is 24.3 Å². The summed E-state index contributed by atoms with van der Waals surface area (Å²) in [4.78, 5) is 0. The lowest BCUT2D eigenvalue weighted by Crippen LogP contribution is -2.11. The number of aliphatic hydroxyl groups is 1. The minimum atomic E-state index is -0.609. The van der Waals surface area contributed by atoms with E-state index in [1.165, 1.54) is 0 Å². The maximum absolute atomic E-state index is 9.81. The van der Waals surface area contributed by atoms with Crippen molar-refractivity contribution in [1.29, 1.82) is 0 Å². The molecule has 0 amide bonds. The molecule has 0 aromatic heterocycles. The molecular formula is C13H21NO3. The molecule has 1 rings (SSSR count). The molecule has 1 atom stereocenters. The molecule has 96 valence electrons. The third kappa shape index (κ3) is 5.68. The van der Waals surface area contributed by atoms with Crippen LogP contribution in [0.4, 0.5) is 5.69 Å². The van der Waals surface area contributed by atoms with E-state index in [0.29, 0.717) is 18.9 Å². The number of ether oxygens (including phenoxy) is 2. The van der Waals surface area contributed by atoms with Crippen LogP contribution in [0.1, 0.15) is 25.0 Å². The highest BCUT2D eigenvalue weighted by Crippen LogP contribution is 2.14. The molecule has 0 spiro atoms. The van der Waals surface area contributed by atoms with E-state index in [1.807, 2.05) is 0 Å². The summed E-state index contributed by atoms with van der Waals surface area (Å²) < 4.78 is 10.6. The van der Waals surface area contributed by atoms with Crippen LogP contribution < -0.4 is 5.73 Å². The van der Waals surface area contributed by atoms with Crippen LogP contribution in [0.25, 0.3) is 0 Å². The summed E-state index contributed by atoms with van der Waals surface area (Å²) in [5.74, 6) is 0. The Labute approximate surface area is 102 Å². The number of benzene rings is 1. The summed E-state index contributed by atoms with van der Waals surface area (Å²) in [6, 6.07) is 7.14. The van der Waals surface area contributed by atoms with Crippen molar-refractivity contribution in [3.8, 4) is 0 Å². The van der Waals surface area contributed by atoms with Crippen molar-refractivity contribution in [2.45, 2.75) is 19.4 Å². The second kappa shape index (κ2) is 8.06. The molecule has 0 aliphatic carbocycles. The summed E-state index contributed by atoms with van der Waals surface area (Å²) in [5, 5.41) is 9.81. The first kappa shape index (κ1) is 14.0. The van der Waals surface area contributed by atoms with Crippen molar-refractivity contribution in [3.05, 3.63) is 29.8 Å². The molecule has 17 heavy (non-hydrogen) atoms. The molecule has 0 heterocycles. The smallest absolute Gasteiger partial charge is 0.102 e. The van der Waals surface area contributed by atoms with Gasteiger partial charge in [-0.3, -0.25) is 0 Å². The van der Waals surface area contributed by atoms with E-state index in [1.54, 1.807) is 24.3 Å². The highest BCUT2D eigenvalue weighted by atomic mass is 16.5. The van der Waals surface area contributed by atoms with Gasteiger partial charge in [0.05, 0.1) is 19.8 Å². The van der Waals surface area contributed by atoms with E-state index < -0.39 is 6.10 Å². The summed E-state index contributed by atoms with van der Waals surface area (Å²) in [5.41, 5.74) is 7.07. The number of anilines is 1. The lowest BCUT2D eigenvalue weighted by molar-refractivity contribution is 0.00327. The molecule has 0 fully saturated rings. The third-order valence-electron chi connectivity index (χ3n) is 2.32. The fourth-order valence-electron chi connectivity index (χ4n) is 1.37. The van der Waals surface area contributed by atoms with Gasteiger partial charge >= 0.3 is 0 Å². The Bertz CT molecular complexity index is 300. The van der Waals surface area contributed by atoms with Crippen molar-refractivity contribution in [3.63, 3.8) is 0 Å². The van der Waals surface area contributed by atoms with E-state index in [2.05, 4.69) is 6.92 Å². The number of nitrogen functional groups attached to an aromatic ring is 1. The fraction of sp³-hybridized carbons (Fsp3) is 0.538. The summed E-state index contributed by atoms with van der Waals surface area (Å²) >= 11 is 0. The van der Waals surface area contributed by atoms with Crippen molar-refractivity contribution >= 4 is 5.69 Å². The van der Waals surface area contributed by atoms with E-state index in [9.17, 15) is 5.11 Å². The number of aliphatic hydroxyl groups excluding tert-OH is 1. The molecule has 0 radical (unpaired) electrons. The number of hydrogen-bond donors (Lipinski definition) is 2. The van der Waals surface area contributed by atoms with Gasteiger partial charge in [0.1, 0.15) is 6.10 Å². The Balaban J connectivity index is 2.16. The van der Waals surface area contributed by atoms with Gasteiger partial charge in [-0.15, -0.1) is 0 Å². The van der Waals surface area contributed by atoms with Gasteiger partial charge in [0.25, 0.3) is 0 Å². The minimum absolute atomic E-state index is 0.277. The average molecular weight is 239 g/mol. The molecule has 0 aliphatic heterocycles. The highest BCUT2D eigenvalue weighted by Gasteiger charge is 2.06. The standard InChI is InChI=1S/C13H21NO3/c1-2-7-16-8-9-17-10-13(15)11-3-5-12(14)6-4-11/h3-6,13,15H,2,7-10,14H2,1H3. The molecule has 0 saturated carbocycles. The van der Waals surface area contributed by atoms with Gasteiger partial charge in [-0.25, -0.2) is 0 Å². The molecule has 4 nitrogen and oxygen atoms in total. The number of hydrogen-bond acceptors (Lipinski definition) is 4. The predicted octanol–water partition coefficient (Wildman–Crippen LogP) is 1.75. The first-order chi connectivity index (χ1) is 8.24. The van der Waals surface area contributed by atoms with E-state index in [4.69, 9.17) is 15.2 Å². The topological polar surface area (TPSA) is 64.7 Å². The Morgan fingerprint density at radius 1 is 1.12 bits per heavy atom. The zero-order chi connectivity index (χ0) is 12.5. The van der Waals surface area contributed by atoms with Gasteiger partial charge in [0.15, 0.2) is 0 Å². The van der Waals surface area contributed by atoms with Crippen molar-refractivity contribution in [2.75, 3.05) is 32.2 Å². The Hall–Kier alpha value is -1.10. The molecular weight excluding hydrogens is 218 g/mol. The van der Waals surface area contributed by atoms with Gasteiger partial charge in [0, 0.05) is 12.3 Å². The maximum Gasteiger partial charge on any atom is 0.102 e. The SMILES string of the molecule is CCCOCCOCC(O)c1ccc(N)cc1. The Kier molecular flexibility index (Phi) is 6.62. The molecule has 3 N–H and O–H groups in total. The molecule has 0 saturated heterocycles. The predicted molar refractivity (Wildman–Crippen MR) is 67.7 cm³/mol. The third-order valence-corrected chi connectivity index (χ3v) is 2.32. The lowest BCUT2D eigenvalue weighted by atomic mass is 10.1. The van der Waals surface area contributed by atoms with Crippen LogP contribution in [-0.2, 0) is 9.47 Å². The second-order valence-corrected chi connectivity index (χ2v) is 3.87. The second-order valence-electron chi connectivity index (χ2n) is 3.87. The minimum Gasteiger partial charge on any atom is -0.399 e. The van der Waals surface area contributed by atoms with Crippen molar-refractivity contribution < 1.29 is 14.6 Å². The zero-order valence-electron chi connectivity index (χ0n) is 10.3.